The number of rotatable bonds is 10. The third-order valence-corrected chi connectivity index (χ3v) is 5.27. The Balaban J connectivity index is 1.51. The summed E-state index contributed by atoms with van der Waals surface area (Å²) in [6.45, 7) is 1.79. The van der Waals surface area contributed by atoms with Crippen molar-refractivity contribution >= 4 is 39.9 Å². The molecule has 35 heavy (non-hydrogen) atoms. The van der Waals surface area contributed by atoms with Gasteiger partial charge in [0.25, 0.3) is 0 Å². The van der Waals surface area contributed by atoms with Crippen LogP contribution in [-0.2, 0) is 11.4 Å². The molecule has 0 bridgehead atoms. The first kappa shape index (κ1) is 24.2. The van der Waals surface area contributed by atoms with Crippen LogP contribution in [0.5, 0.6) is 11.5 Å². The molecule has 4 aromatic rings. The van der Waals surface area contributed by atoms with E-state index in [4.69, 9.17) is 26.2 Å². The molecule has 0 unspecified atom stereocenters. The maximum atomic E-state index is 11.3. The topological polar surface area (TPSA) is 118 Å². The number of nitrogens with zero attached hydrogens (tertiary/aromatic N) is 3. The summed E-state index contributed by atoms with van der Waals surface area (Å²) in [5.74, 6) is 1.17. The van der Waals surface area contributed by atoms with Gasteiger partial charge in [0.2, 0.25) is 5.91 Å². The van der Waals surface area contributed by atoms with Gasteiger partial charge in [-0.05, 0) is 49.4 Å². The molecular formula is C25H24ClN5O4. The van der Waals surface area contributed by atoms with Gasteiger partial charge in [0.15, 0.2) is 0 Å². The zero-order valence-electron chi connectivity index (χ0n) is 18.9. The van der Waals surface area contributed by atoms with Gasteiger partial charge in [-0.1, -0.05) is 23.7 Å². The summed E-state index contributed by atoms with van der Waals surface area (Å²) in [5.41, 5.74) is 2.20. The van der Waals surface area contributed by atoms with E-state index in [0.29, 0.717) is 45.5 Å². The fraction of sp³-hybridized carbons (Fsp3) is 0.200. The number of carbonyl (C=O) groups excluding carboxylic acids is 1. The summed E-state index contributed by atoms with van der Waals surface area (Å²) >= 11 is 6.46. The monoisotopic (exact) mass is 493 g/mol. The van der Waals surface area contributed by atoms with E-state index in [9.17, 15) is 4.79 Å². The summed E-state index contributed by atoms with van der Waals surface area (Å²) in [7, 11) is 0. The quantitative estimate of drug-likeness (QED) is 0.304. The highest BCUT2D eigenvalue weighted by atomic mass is 35.5. The second-order valence-electron chi connectivity index (χ2n) is 7.64. The molecule has 180 valence electrons. The largest absolute Gasteiger partial charge is 0.488 e. The average molecular weight is 494 g/mol. The van der Waals surface area contributed by atoms with E-state index in [0.717, 1.165) is 5.69 Å². The van der Waals surface area contributed by atoms with E-state index >= 15 is 0 Å². The van der Waals surface area contributed by atoms with Crippen molar-refractivity contribution in [3.05, 3.63) is 77.8 Å². The highest BCUT2D eigenvalue weighted by Crippen LogP contribution is 2.34. The van der Waals surface area contributed by atoms with Crippen LogP contribution >= 0.6 is 11.6 Å². The predicted molar refractivity (Wildman–Crippen MR) is 133 cm³/mol. The van der Waals surface area contributed by atoms with Gasteiger partial charge in [0.1, 0.15) is 43.0 Å². The summed E-state index contributed by atoms with van der Waals surface area (Å²) in [5, 5.41) is 15.9. The maximum absolute atomic E-state index is 11.3. The van der Waals surface area contributed by atoms with Crippen molar-refractivity contribution in [2.24, 2.45) is 0 Å². The Morgan fingerprint density at radius 3 is 2.74 bits per heavy atom. The first-order chi connectivity index (χ1) is 17.0. The van der Waals surface area contributed by atoms with Gasteiger partial charge < -0.3 is 25.2 Å². The highest BCUT2D eigenvalue weighted by Gasteiger charge is 2.14. The molecule has 0 radical (unpaired) electrons. The molecule has 4 rings (SSSR count). The highest BCUT2D eigenvalue weighted by molar-refractivity contribution is 6.32. The van der Waals surface area contributed by atoms with Gasteiger partial charge in [-0.15, -0.1) is 0 Å². The molecule has 10 heteroatoms. The van der Waals surface area contributed by atoms with Crippen molar-refractivity contribution in [2.45, 2.75) is 19.6 Å². The van der Waals surface area contributed by atoms with E-state index in [1.165, 1.54) is 6.33 Å². The van der Waals surface area contributed by atoms with Crippen molar-refractivity contribution in [3.8, 4) is 11.5 Å². The van der Waals surface area contributed by atoms with Crippen LogP contribution in [-0.4, -0.2) is 45.2 Å². The molecule has 0 aliphatic heterocycles. The molecule has 3 N–H and O–H groups in total. The summed E-state index contributed by atoms with van der Waals surface area (Å²) in [6.07, 6.45) is 2.82. The average Bonchev–Trinajstić information content (AvgIpc) is 2.87. The minimum Gasteiger partial charge on any atom is -0.488 e. The van der Waals surface area contributed by atoms with Crippen LogP contribution in [0, 0.1) is 0 Å². The van der Waals surface area contributed by atoms with Crippen LogP contribution in [0.3, 0.4) is 0 Å². The van der Waals surface area contributed by atoms with E-state index in [-0.39, 0.29) is 12.6 Å². The standard InChI is InChI=1S/C25H24ClN5O4/c1-16(12-28-23(33)13-32)35-22-7-4-6-20-24(22)25(30-15-29-20)31-17-8-9-21(19(26)11-17)34-14-18-5-2-3-10-27-18/h2-11,15-16,32H,12-14H2,1H3,(H,28,33)(H,29,30,31)/t16-/m1/s1. The molecule has 0 saturated heterocycles. The summed E-state index contributed by atoms with van der Waals surface area (Å²) in [4.78, 5) is 24.3. The second kappa shape index (κ2) is 11.5. The number of fused-ring (bicyclic) bond motifs is 1. The molecule has 9 nitrogen and oxygen atoms in total. The molecule has 1 amide bonds. The first-order valence-corrected chi connectivity index (χ1v) is 11.3. The summed E-state index contributed by atoms with van der Waals surface area (Å²) in [6, 6.07) is 16.5. The van der Waals surface area contributed by atoms with Gasteiger partial charge in [0, 0.05) is 11.9 Å². The number of ether oxygens (including phenoxy) is 2. The SMILES string of the molecule is C[C@H](CNC(=O)CO)Oc1cccc2ncnc(Nc3ccc(OCc4ccccn4)c(Cl)c3)c12. The lowest BCUT2D eigenvalue weighted by Crippen LogP contribution is -2.35. The maximum Gasteiger partial charge on any atom is 0.245 e. The Morgan fingerprint density at radius 1 is 1.09 bits per heavy atom. The number of anilines is 2. The third-order valence-electron chi connectivity index (χ3n) is 4.98. The molecule has 0 spiro atoms. The van der Waals surface area contributed by atoms with Gasteiger partial charge in [-0.25, -0.2) is 9.97 Å². The number of carbonyl (C=O) groups is 1. The Morgan fingerprint density at radius 2 is 1.97 bits per heavy atom. The van der Waals surface area contributed by atoms with E-state index in [1.807, 2.05) is 49.4 Å². The smallest absolute Gasteiger partial charge is 0.245 e. The molecule has 0 aliphatic carbocycles. The van der Waals surface area contributed by atoms with Crippen LogP contribution in [0.2, 0.25) is 5.02 Å². The molecule has 0 aliphatic rings. The van der Waals surface area contributed by atoms with Crippen molar-refractivity contribution in [1.29, 1.82) is 0 Å². The number of amides is 1. The third kappa shape index (κ3) is 6.34. The molecule has 2 aromatic heterocycles. The number of hydrogen-bond acceptors (Lipinski definition) is 8. The molecule has 2 heterocycles. The van der Waals surface area contributed by atoms with Crippen LogP contribution in [0.1, 0.15) is 12.6 Å². The van der Waals surface area contributed by atoms with Crippen molar-refractivity contribution in [3.63, 3.8) is 0 Å². The normalized spacial score (nSPS) is 11.6. The van der Waals surface area contributed by atoms with Gasteiger partial charge in [-0.2, -0.15) is 0 Å². The molecule has 0 fully saturated rings. The number of pyridine rings is 1. The Labute approximate surface area is 207 Å². The minimum absolute atomic E-state index is 0.238. The van der Waals surface area contributed by atoms with Crippen LogP contribution in [0.25, 0.3) is 10.9 Å². The van der Waals surface area contributed by atoms with E-state index < -0.39 is 12.5 Å². The van der Waals surface area contributed by atoms with Gasteiger partial charge >= 0.3 is 0 Å². The lowest BCUT2D eigenvalue weighted by atomic mass is 10.2. The van der Waals surface area contributed by atoms with Crippen molar-refractivity contribution in [1.82, 2.24) is 20.3 Å². The van der Waals surface area contributed by atoms with Crippen molar-refractivity contribution < 1.29 is 19.4 Å². The van der Waals surface area contributed by atoms with Gasteiger partial charge in [0.05, 0.1) is 28.2 Å². The molecule has 0 saturated carbocycles. The molecule has 1 atom stereocenters. The lowest BCUT2D eigenvalue weighted by Gasteiger charge is -2.18. The Kier molecular flexibility index (Phi) is 7.92. The number of aliphatic hydroxyl groups is 1. The first-order valence-electron chi connectivity index (χ1n) is 10.9. The lowest BCUT2D eigenvalue weighted by molar-refractivity contribution is -0.124. The minimum atomic E-state index is -0.571. The fourth-order valence-corrected chi connectivity index (χ4v) is 3.55. The van der Waals surface area contributed by atoms with E-state index in [1.54, 1.807) is 18.3 Å². The van der Waals surface area contributed by atoms with Crippen molar-refractivity contribution in [2.75, 3.05) is 18.5 Å². The number of aromatic nitrogens is 3. The van der Waals surface area contributed by atoms with E-state index in [2.05, 4.69) is 25.6 Å². The van der Waals surface area contributed by atoms with Crippen LogP contribution in [0.4, 0.5) is 11.5 Å². The zero-order valence-corrected chi connectivity index (χ0v) is 19.7. The fourth-order valence-electron chi connectivity index (χ4n) is 3.31. The molecular weight excluding hydrogens is 470 g/mol. The summed E-state index contributed by atoms with van der Waals surface area (Å²) < 4.78 is 11.8. The Bertz CT molecular complexity index is 1300. The number of benzene rings is 2. The van der Waals surface area contributed by atoms with Crippen LogP contribution in [0.15, 0.2) is 67.1 Å². The predicted octanol–water partition coefficient (Wildman–Crippen LogP) is 3.88. The molecule has 2 aromatic carbocycles. The number of aliphatic hydroxyl groups excluding tert-OH is 1. The number of nitrogens with one attached hydrogen (secondary N) is 2. The number of hydrogen-bond donors (Lipinski definition) is 3. The zero-order chi connectivity index (χ0) is 24.6. The Hall–Kier alpha value is -3.95. The van der Waals surface area contributed by atoms with Gasteiger partial charge in [-0.3, -0.25) is 9.78 Å². The number of halogens is 1. The van der Waals surface area contributed by atoms with Crippen LogP contribution < -0.4 is 20.1 Å². The second-order valence-corrected chi connectivity index (χ2v) is 8.05.